The smallest absolute Gasteiger partial charge is 0.324 e. The highest BCUT2D eigenvalue weighted by atomic mass is 19.1. The summed E-state index contributed by atoms with van der Waals surface area (Å²) in [6, 6.07) is 3.75. The summed E-state index contributed by atoms with van der Waals surface area (Å²) in [4.78, 5) is 20.2. The topological polar surface area (TPSA) is 122 Å². The summed E-state index contributed by atoms with van der Waals surface area (Å²) in [5.74, 6) is 1.53. The zero-order valence-corrected chi connectivity index (χ0v) is 19.9. The number of benzene rings is 1. The Morgan fingerprint density at radius 2 is 1.97 bits per heavy atom. The first-order valence-corrected chi connectivity index (χ1v) is 11.9. The highest BCUT2D eigenvalue weighted by molar-refractivity contribution is 5.88. The van der Waals surface area contributed by atoms with Crippen molar-refractivity contribution in [2.75, 3.05) is 23.8 Å². The van der Waals surface area contributed by atoms with Crippen LogP contribution < -0.4 is 20.7 Å². The maximum absolute atomic E-state index is 14.5. The third-order valence-electron chi connectivity index (χ3n) is 7.30. The number of nitrogens with two attached hydrogens (primary N) is 1. The Labute approximate surface area is 202 Å². The van der Waals surface area contributed by atoms with E-state index in [1.165, 1.54) is 18.5 Å². The molecule has 1 saturated carbocycles. The van der Waals surface area contributed by atoms with Gasteiger partial charge in [0.15, 0.2) is 11.6 Å². The molecule has 3 aromatic rings. The molecule has 1 aromatic carbocycles. The summed E-state index contributed by atoms with van der Waals surface area (Å²) in [5, 5.41) is 13.2. The van der Waals surface area contributed by atoms with E-state index in [1.54, 1.807) is 27.0 Å². The zero-order valence-electron chi connectivity index (χ0n) is 19.9. The van der Waals surface area contributed by atoms with Crippen molar-refractivity contribution in [1.29, 1.82) is 0 Å². The van der Waals surface area contributed by atoms with E-state index in [0.29, 0.717) is 23.9 Å². The third-order valence-corrected chi connectivity index (χ3v) is 7.30. The van der Waals surface area contributed by atoms with Crippen LogP contribution in [0.25, 0.3) is 11.1 Å². The molecule has 3 unspecified atom stereocenters. The maximum atomic E-state index is 14.5. The van der Waals surface area contributed by atoms with Crippen molar-refractivity contribution in [2.24, 2.45) is 11.7 Å². The van der Waals surface area contributed by atoms with Crippen molar-refractivity contribution in [1.82, 2.24) is 19.9 Å². The largest absolute Gasteiger partial charge is 0.421 e. The molecule has 35 heavy (non-hydrogen) atoms. The minimum absolute atomic E-state index is 0.185. The Morgan fingerprint density at radius 1 is 1.20 bits per heavy atom. The standard InChI is InChI=1S/C25H28FN7O2/c1-25(2,34)23-29-9-15(10-30-23)35-24-31-20-8-16-17(5-13(26)6-19(16)28-3)21(20)22(32-24)33-11-12-4-14(33)7-18(12)27/h5-6,9-10,12,14,18,28,34H,4,7-8,11,27H2,1-3H3. The molecule has 182 valence electrons. The molecule has 10 heteroatoms. The number of halogens is 1. The Morgan fingerprint density at radius 3 is 2.60 bits per heavy atom. The quantitative estimate of drug-likeness (QED) is 0.398. The van der Waals surface area contributed by atoms with Gasteiger partial charge in [0.25, 0.3) is 0 Å². The van der Waals surface area contributed by atoms with E-state index in [-0.39, 0.29) is 23.9 Å². The number of anilines is 2. The van der Waals surface area contributed by atoms with E-state index in [9.17, 15) is 9.50 Å². The Hall–Kier alpha value is -3.37. The van der Waals surface area contributed by atoms with Crippen LogP contribution in [-0.4, -0.2) is 50.7 Å². The number of hydrogen-bond acceptors (Lipinski definition) is 9. The lowest BCUT2D eigenvalue weighted by Crippen LogP contribution is -2.41. The predicted molar refractivity (Wildman–Crippen MR) is 129 cm³/mol. The highest BCUT2D eigenvalue weighted by Crippen LogP contribution is 2.49. The maximum Gasteiger partial charge on any atom is 0.324 e. The number of ether oxygens (including phenoxy) is 1. The molecule has 3 heterocycles. The number of piperidine rings is 1. The summed E-state index contributed by atoms with van der Waals surface area (Å²) in [6.45, 7) is 4.05. The number of fused-ring (bicyclic) bond motifs is 5. The average molecular weight is 478 g/mol. The second-order valence-corrected chi connectivity index (χ2v) is 10.2. The summed E-state index contributed by atoms with van der Waals surface area (Å²) in [7, 11) is 1.79. The van der Waals surface area contributed by atoms with Crippen molar-refractivity contribution in [3.8, 4) is 22.9 Å². The number of aliphatic hydroxyl groups is 1. The molecule has 2 aliphatic carbocycles. The monoisotopic (exact) mass is 477 g/mol. The van der Waals surface area contributed by atoms with Crippen LogP contribution in [0.1, 0.15) is 43.8 Å². The van der Waals surface area contributed by atoms with Crippen LogP contribution in [-0.2, 0) is 12.0 Å². The highest BCUT2D eigenvalue weighted by Gasteiger charge is 2.45. The van der Waals surface area contributed by atoms with Crippen LogP contribution in [0.4, 0.5) is 15.9 Å². The van der Waals surface area contributed by atoms with Crippen molar-refractivity contribution >= 4 is 11.5 Å². The van der Waals surface area contributed by atoms with Crippen LogP contribution in [0.5, 0.6) is 11.8 Å². The van der Waals surface area contributed by atoms with Gasteiger partial charge in [-0.3, -0.25) is 0 Å². The van der Waals surface area contributed by atoms with Gasteiger partial charge in [0.2, 0.25) is 0 Å². The van der Waals surface area contributed by atoms with Crippen LogP contribution in [0, 0.1) is 11.7 Å². The molecule has 1 aliphatic heterocycles. The number of aromatic nitrogens is 4. The molecule has 1 saturated heterocycles. The SMILES string of the molecule is CNc1cc(F)cc2c1Cc1nc(Oc3cnc(C(C)(C)O)nc3)nc(N3CC4CC3CC4N)c1-2. The fourth-order valence-electron chi connectivity index (χ4n) is 5.61. The van der Waals surface area contributed by atoms with E-state index >= 15 is 0 Å². The molecule has 3 aliphatic rings. The molecular weight excluding hydrogens is 449 g/mol. The zero-order chi connectivity index (χ0) is 24.5. The fourth-order valence-corrected chi connectivity index (χ4v) is 5.61. The summed E-state index contributed by atoms with van der Waals surface area (Å²) >= 11 is 0. The molecule has 6 rings (SSSR count). The molecule has 0 spiro atoms. The van der Waals surface area contributed by atoms with Crippen LogP contribution >= 0.6 is 0 Å². The third kappa shape index (κ3) is 3.68. The van der Waals surface area contributed by atoms with E-state index in [4.69, 9.17) is 20.4 Å². The molecule has 4 N–H and O–H groups in total. The van der Waals surface area contributed by atoms with Crippen LogP contribution in [0.3, 0.4) is 0 Å². The lowest BCUT2D eigenvalue weighted by atomic mass is 10.0. The molecule has 3 atom stereocenters. The summed E-state index contributed by atoms with van der Waals surface area (Å²) in [5.41, 5.74) is 9.36. The first kappa shape index (κ1) is 22.1. The van der Waals surface area contributed by atoms with Gasteiger partial charge in [-0.05, 0) is 55.9 Å². The van der Waals surface area contributed by atoms with Gasteiger partial charge < -0.3 is 25.8 Å². The first-order chi connectivity index (χ1) is 16.7. The number of nitrogens with one attached hydrogen (secondary N) is 1. The van der Waals surface area contributed by atoms with E-state index in [1.807, 2.05) is 0 Å². The average Bonchev–Trinajstić information content (AvgIpc) is 3.49. The van der Waals surface area contributed by atoms with Gasteiger partial charge in [-0.25, -0.2) is 14.4 Å². The fraction of sp³-hybridized carbons (Fsp3) is 0.440. The summed E-state index contributed by atoms with van der Waals surface area (Å²) in [6.07, 6.45) is 5.47. The molecular formula is C25H28FN7O2. The van der Waals surface area contributed by atoms with Gasteiger partial charge in [0.05, 0.1) is 18.1 Å². The Bertz CT molecular complexity index is 1310. The number of hydrogen-bond donors (Lipinski definition) is 3. The molecule has 9 nitrogen and oxygen atoms in total. The predicted octanol–water partition coefficient (Wildman–Crippen LogP) is 2.96. The molecule has 2 aromatic heterocycles. The minimum atomic E-state index is -1.16. The first-order valence-electron chi connectivity index (χ1n) is 11.9. The van der Waals surface area contributed by atoms with Gasteiger partial charge in [-0.1, -0.05) is 0 Å². The Balaban J connectivity index is 1.43. The van der Waals surface area contributed by atoms with Crippen LogP contribution in [0.2, 0.25) is 0 Å². The van der Waals surface area contributed by atoms with Crippen molar-refractivity contribution in [2.45, 2.75) is 50.8 Å². The summed E-state index contributed by atoms with van der Waals surface area (Å²) < 4.78 is 20.5. The van der Waals surface area contributed by atoms with E-state index < -0.39 is 5.60 Å². The van der Waals surface area contributed by atoms with Gasteiger partial charge in [0, 0.05) is 43.3 Å². The van der Waals surface area contributed by atoms with Crippen molar-refractivity contribution in [3.63, 3.8) is 0 Å². The van der Waals surface area contributed by atoms with E-state index in [0.717, 1.165) is 53.3 Å². The molecule has 2 bridgehead atoms. The van der Waals surface area contributed by atoms with Gasteiger partial charge in [-0.15, -0.1) is 0 Å². The number of rotatable bonds is 5. The molecule has 0 amide bonds. The van der Waals surface area contributed by atoms with Crippen LogP contribution in [0.15, 0.2) is 24.5 Å². The van der Waals surface area contributed by atoms with Crippen molar-refractivity contribution < 1.29 is 14.2 Å². The van der Waals surface area contributed by atoms with Crippen molar-refractivity contribution in [3.05, 3.63) is 47.4 Å². The Kier molecular flexibility index (Phi) is 4.94. The normalized spacial score (nSPS) is 22.3. The lowest BCUT2D eigenvalue weighted by Gasteiger charge is -2.32. The second-order valence-electron chi connectivity index (χ2n) is 10.2. The second kappa shape index (κ2) is 7.82. The van der Waals surface area contributed by atoms with Gasteiger partial charge in [0.1, 0.15) is 17.2 Å². The van der Waals surface area contributed by atoms with E-state index in [2.05, 4.69) is 20.2 Å². The lowest BCUT2D eigenvalue weighted by molar-refractivity contribution is 0.0685. The van der Waals surface area contributed by atoms with Gasteiger partial charge >= 0.3 is 6.01 Å². The number of nitrogens with zero attached hydrogens (tertiary/aromatic N) is 5. The molecule has 2 fully saturated rings. The minimum Gasteiger partial charge on any atom is -0.421 e. The molecule has 0 radical (unpaired) electrons. The van der Waals surface area contributed by atoms with Gasteiger partial charge in [-0.2, -0.15) is 9.97 Å².